The van der Waals surface area contributed by atoms with E-state index in [-0.39, 0.29) is 36.8 Å². The minimum Gasteiger partial charge on any atom is -0.370 e. The fourth-order valence-corrected chi connectivity index (χ4v) is 3.88. The number of anilines is 2. The Bertz CT molecular complexity index is 1090. The highest BCUT2D eigenvalue weighted by Gasteiger charge is 2.15. The highest BCUT2D eigenvalue weighted by molar-refractivity contribution is 7.14. The van der Waals surface area contributed by atoms with Crippen molar-refractivity contribution >= 4 is 57.1 Å². The number of thiophene rings is 1. The third-order valence-corrected chi connectivity index (χ3v) is 5.64. The molecule has 0 atom stereocenters. The summed E-state index contributed by atoms with van der Waals surface area (Å²) in [6.45, 7) is 0.106. The van der Waals surface area contributed by atoms with Gasteiger partial charge >= 0.3 is 0 Å². The number of hydrogen-bond acceptors (Lipinski definition) is 7. The number of amides is 4. The van der Waals surface area contributed by atoms with Crippen LogP contribution in [0.1, 0.15) is 32.1 Å². The molecule has 4 amide bonds. The first kappa shape index (κ1) is 22.1. The van der Waals surface area contributed by atoms with Gasteiger partial charge < -0.3 is 16.4 Å². The first-order valence-electron chi connectivity index (χ1n) is 9.17. The normalized spacial score (nSPS) is 10.3. The van der Waals surface area contributed by atoms with Gasteiger partial charge in [0.2, 0.25) is 11.8 Å². The molecule has 0 aliphatic carbocycles. The molecule has 0 bridgehead atoms. The number of nitrogens with two attached hydrogens (primary N) is 1. The topological polar surface area (TPSA) is 143 Å². The molecule has 0 aliphatic heterocycles. The molecule has 0 saturated carbocycles. The van der Waals surface area contributed by atoms with Crippen molar-refractivity contribution < 1.29 is 19.2 Å². The molecule has 0 aliphatic rings. The molecule has 5 N–H and O–H groups in total. The van der Waals surface area contributed by atoms with E-state index in [1.54, 1.807) is 41.8 Å². The molecule has 0 unspecified atom stereocenters. The molecule has 2 aromatic heterocycles. The standard InChI is InChI=1S/C20H19N5O4S2/c21-16(26)7-8-22-18(28)13-4-1-2-5-14(13)24-17(27)10-12-11-31-20(23-12)25-19(29)15-6-3-9-30-15/h1-6,9,11H,7-8,10H2,(H2,21,26)(H,22,28)(H,24,27)(H,23,25,29). The highest BCUT2D eigenvalue weighted by atomic mass is 32.1. The van der Waals surface area contributed by atoms with Crippen LogP contribution in [-0.2, 0) is 16.0 Å². The number of thiazole rings is 1. The molecule has 0 radical (unpaired) electrons. The quantitative estimate of drug-likeness (QED) is 0.390. The van der Waals surface area contributed by atoms with E-state index in [9.17, 15) is 19.2 Å². The number of carbonyl (C=O) groups is 4. The summed E-state index contributed by atoms with van der Waals surface area (Å²) in [7, 11) is 0. The van der Waals surface area contributed by atoms with E-state index in [2.05, 4.69) is 20.9 Å². The zero-order valence-electron chi connectivity index (χ0n) is 16.2. The first-order valence-corrected chi connectivity index (χ1v) is 10.9. The van der Waals surface area contributed by atoms with E-state index in [0.29, 0.717) is 21.4 Å². The Morgan fingerprint density at radius 1 is 0.968 bits per heavy atom. The van der Waals surface area contributed by atoms with Crippen LogP contribution in [0.3, 0.4) is 0 Å². The van der Waals surface area contributed by atoms with Crippen molar-refractivity contribution in [2.24, 2.45) is 5.73 Å². The third kappa shape index (κ3) is 6.46. The average Bonchev–Trinajstić information content (AvgIpc) is 3.40. The van der Waals surface area contributed by atoms with Gasteiger partial charge in [0.15, 0.2) is 5.13 Å². The Morgan fingerprint density at radius 2 is 1.77 bits per heavy atom. The molecular weight excluding hydrogens is 438 g/mol. The fraction of sp³-hybridized carbons (Fsp3) is 0.150. The Balaban J connectivity index is 1.58. The summed E-state index contributed by atoms with van der Waals surface area (Å²) in [6.07, 6.45) is -0.00154. The van der Waals surface area contributed by atoms with E-state index >= 15 is 0 Å². The van der Waals surface area contributed by atoms with Crippen LogP contribution < -0.4 is 21.7 Å². The van der Waals surface area contributed by atoms with Crippen molar-refractivity contribution in [3.8, 4) is 0 Å². The summed E-state index contributed by atoms with van der Waals surface area (Å²) < 4.78 is 0. The van der Waals surface area contributed by atoms with Crippen molar-refractivity contribution in [3.05, 3.63) is 63.3 Å². The Morgan fingerprint density at radius 3 is 2.52 bits per heavy atom. The van der Waals surface area contributed by atoms with Gasteiger partial charge in [-0.3, -0.25) is 24.5 Å². The lowest BCUT2D eigenvalue weighted by atomic mass is 10.1. The molecular formula is C20H19N5O4S2. The zero-order chi connectivity index (χ0) is 22.2. The number of hydrogen-bond donors (Lipinski definition) is 4. The number of carbonyl (C=O) groups excluding carboxylic acids is 4. The van der Waals surface area contributed by atoms with Gasteiger partial charge in [0.25, 0.3) is 11.8 Å². The molecule has 160 valence electrons. The van der Waals surface area contributed by atoms with Gasteiger partial charge in [0.05, 0.1) is 28.2 Å². The Hall–Kier alpha value is -3.57. The summed E-state index contributed by atoms with van der Waals surface area (Å²) in [4.78, 5) is 52.5. The van der Waals surface area contributed by atoms with E-state index in [0.717, 1.165) is 0 Å². The van der Waals surface area contributed by atoms with Crippen LogP contribution in [0.4, 0.5) is 10.8 Å². The van der Waals surface area contributed by atoms with E-state index in [1.807, 2.05) is 5.38 Å². The van der Waals surface area contributed by atoms with Gasteiger partial charge in [-0.05, 0) is 23.6 Å². The molecule has 0 saturated heterocycles. The minimum absolute atomic E-state index is 0.0233. The van der Waals surface area contributed by atoms with Crippen molar-refractivity contribution in [1.29, 1.82) is 0 Å². The second kappa shape index (κ2) is 10.5. The lowest BCUT2D eigenvalue weighted by molar-refractivity contribution is -0.118. The highest BCUT2D eigenvalue weighted by Crippen LogP contribution is 2.20. The van der Waals surface area contributed by atoms with Crippen LogP contribution in [0.15, 0.2) is 47.2 Å². The van der Waals surface area contributed by atoms with Gasteiger partial charge in [-0.15, -0.1) is 22.7 Å². The maximum Gasteiger partial charge on any atom is 0.267 e. The second-order valence-electron chi connectivity index (χ2n) is 6.32. The minimum atomic E-state index is -0.518. The van der Waals surface area contributed by atoms with Gasteiger partial charge in [-0.1, -0.05) is 18.2 Å². The van der Waals surface area contributed by atoms with E-state index in [4.69, 9.17) is 5.73 Å². The smallest absolute Gasteiger partial charge is 0.267 e. The molecule has 2 heterocycles. The van der Waals surface area contributed by atoms with E-state index < -0.39 is 11.8 Å². The number of rotatable bonds is 9. The molecule has 0 fully saturated rings. The first-order chi connectivity index (χ1) is 14.9. The molecule has 0 spiro atoms. The van der Waals surface area contributed by atoms with Crippen LogP contribution >= 0.6 is 22.7 Å². The summed E-state index contributed by atoms with van der Waals surface area (Å²) in [6, 6.07) is 10.0. The molecule has 11 heteroatoms. The molecule has 9 nitrogen and oxygen atoms in total. The summed E-state index contributed by atoms with van der Waals surface area (Å²) in [5, 5.41) is 11.9. The number of benzene rings is 1. The molecule has 31 heavy (non-hydrogen) atoms. The van der Waals surface area contributed by atoms with Crippen molar-refractivity contribution in [3.63, 3.8) is 0 Å². The van der Waals surface area contributed by atoms with E-state index in [1.165, 1.54) is 22.7 Å². The summed E-state index contributed by atoms with van der Waals surface area (Å²) in [5.74, 6) is -1.56. The van der Waals surface area contributed by atoms with Gasteiger partial charge in [-0.2, -0.15) is 0 Å². The van der Waals surface area contributed by atoms with Crippen molar-refractivity contribution in [1.82, 2.24) is 10.3 Å². The van der Waals surface area contributed by atoms with Crippen LogP contribution in [0.25, 0.3) is 0 Å². The average molecular weight is 458 g/mol. The number of aromatic nitrogens is 1. The monoisotopic (exact) mass is 457 g/mol. The largest absolute Gasteiger partial charge is 0.370 e. The fourth-order valence-electron chi connectivity index (χ4n) is 2.56. The van der Waals surface area contributed by atoms with Crippen molar-refractivity contribution in [2.45, 2.75) is 12.8 Å². The van der Waals surface area contributed by atoms with Gasteiger partial charge in [0.1, 0.15) is 0 Å². The van der Waals surface area contributed by atoms with Crippen LogP contribution in [0.5, 0.6) is 0 Å². The zero-order valence-corrected chi connectivity index (χ0v) is 17.8. The SMILES string of the molecule is NC(=O)CCNC(=O)c1ccccc1NC(=O)Cc1csc(NC(=O)c2cccs2)n1. The Labute approximate surface area is 185 Å². The predicted molar refractivity (Wildman–Crippen MR) is 119 cm³/mol. The summed E-state index contributed by atoms with van der Waals surface area (Å²) >= 11 is 2.55. The number of nitrogens with zero attached hydrogens (tertiary/aromatic N) is 1. The number of primary amides is 1. The second-order valence-corrected chi connectivity index (χ2v) is 8.12. The Kier molecular flexibility index (Phi) is 7.46. The number of para-hydroxylation sites is 1. The molecule has 3 aromatic rings. The van der Waals surface area contributed by atoms with Crippen LogP contribution in [-0.4, -0.2) is 35.2 Å². The lowest BCUT2D eigenvalue weighted by Gasteiger charge is -2.11. The molecule has 3 rings (SSSR count). The third-order valence-electron chi connectivity index (χ3n) is 3.96. The maximum atomic E-state index is 12.5. The lowest BCUT2D eigenvalue weighted by Crippen LogP contribution is -2.29. The maximum absolute atomic E-state index is 12.5. The number of nitrogens with one attached hydrogen (secondary N) is 3. The summed E-state index contributed by atoms with van der Waals surface area (Å²) in [5.41, 5.74) is 6.16. The van der Waals surface area contributed by atoms with Crippen LogP contribution in [0.2, 0.25) is 0 Å². The van der Waals surface area contributed by atoms with Crippen LogP contribution in [0, 0.1) is 0 Å². The van der Waals surface area contributed by atoms with Gasteiger partial charge in [0, 0.05) is 18.3 Å². The van der Waals surface area contributed by atoms with Gasteiger partial charge in [-0.25, -0.2) is 4.98 Å². The molecule has 1 aromatic carbocycles. The van der Waals surface area contributed by atoms with Crippen molar-refractivity contribution in [2.75, 3.05) is 17.2 Å². The predicted octanol–water partition coefficient (Wildman–Crippen LogP) is 2.24.